The van der Waals surface area contributed by atoms with Gasteiger partial charge in [-0.1, -0.05) is 19.8 Å². The monoisotopic (exact) mass is 320 g/mol. The third-order valence-electron chi connectivity index (χ3n) is 4.27. The van der Waals surface area contributed by atoms with E-state index >= 15 is 0 Å². The van der Waals surface area contributed by atoms with Crippen LogP contribution in [-0.4, -0.2) is 36.1 Å². The fourth-order valence-corrected chi connectivity index (χ4v) is 2.73. The van der Waals surface area contributed by atoms with E-state index in [2.05, 4.69) is 17.2 Å². The first-order valence-electron chi connectivity index (χ1n) is 8.02. The van der Waals surface area contributed by atoms with Crippen LogP contribution in [0.25, 0.3) is 0 Å². The highest BCUT2D eigenvalue weighted by molar-refractivity contribution is 5.92. The molecule has 1 aromatic rings. The number of hydrogen-bond donors (Lipinski definition) is 1. The predicted molar refractivity (Wildman–Crippen MR) is 85.2 cm³/mol. The van der Waals surface area contributed by atoms with Crippen LogP contribution in [0, 0.1) is 5.92 Å². The SMILES string of the molecule is COc1ccc(C(=O)O[C@H](C)C(=O)N[C@@H]2CCCC[C@@H]2C)cn1. The highest BCUT2D eigenvalue weighted by Crippen LogP contribution is 2.23. The number of carbonyl (C=O) groups is 2. The minimum atomic E-state index is -0.835. The van der Waals surface area contributed by atoms with Gasteiger partial charge in [-0.05, 0) is 31.7 Å². The lowest BCUT2D eigenvalue weighted by molar-refractivity contribution is -0.130. The van der Waals surface area contributed by atoms with Crippen molar-refractivity contribution in [3.05, 3.63) is 23.9 Å². The highest BCUT2D eigenvalue weighted by Gasteiger charge is 2.26. The number of nitrogens with zero attached hydrogens (tertiary/aromatic N) is 1. The topological polar surface area (TPSA) is 77.5 Å². The first-order chi connectivity index (χ1) is 11.0. The Hall–Kier alpha value is -2.11. The van der Waals surface area contributed by atoms with Gasteiger partial charge in [0.2, 0.25) is 5.88 Å². The van der Waals surface area contributed by atoms with Gasteiger partial charge in [0.25, 0.3) is 5.91 Å². The van der Waals surface area contributed by atoms with Crippen molar-refractivity contribution < 1.29 is 19.1 Å². The molecule has 23 heavy (non-hydrogen) atoms. The largest absolute Gasteiger partial charge is 0.481 e. The van der Waals surface area contributed by atoms with Gasteiger partial charge in [0.15, 0.2) is 6.10 Å². The number of aromatic nitrogens is 1. The van der Waals surface area contributed by atoms with Crippen LogP contribution in [0.5, 0.6) is 5.88 Å². The summed E-state index contributed by atoms with van der Waals surface area (Å²) in [5.74, 6) is 0.0538. The number of pyridine rings is 1. The summed E-state index contributed by atoms with van der Waals surface area (Å²) in [6, 6.07) is 3.30. The molecule has 0 spiro atoms. The van der Waals surface area contributed by atoms with Crippen LogP contribution in [0.1, 0.15) is 49.9 Å². The molecule has 1 saturated carbocycles. The third-order valence-corrected chi connectivity index (χ3v) is 4.27. The number of rotatable bonds is 5. The molecule has 1 N–H and O–H groups in total. The van der Waals surface area contributed by atoms with Crippen molar-refractivity contribution in [1.29, 1.82) is 0 Å². The van der Waals surface area contributed by atoms with E-state index in [1.165, 1.54) is 19.7 Å². The zero-order chi connectivity index (χ0) is 16.8. The van der Waals surface area contributed by atoms with E-state index in [-0.39, 0.29) is 17.5 Å². The number of methoxy groups -OCH3 is 1. The minimum absolute atomic E-state index is 0.167. The van der Waals surface area contributed by atoms with Gasteiger partial charge in [-0.3, -0.25) is 4.79 Å². The summed E-state index contributed by atoms with van der Waals surface area (Å²) in [6.07, 6.45) is 4.98. The number of hydrogen-bond acceptors (Lipinski definition) is 5. The Kier molecular flexibility index (Phi) is 5.96. The van der Waals surface area contributed by atoms with Gasteiger partial charge in [-0.25, -0.2) is 9.78 Å². The lowest BCUT2D eigenvalue weighted by atomic mass is 9.86. The van der Waals surface area contributed by atoms with E-state index in [1.807, 2.05) is 0 Å². The Balaban J connectivity index is 1.87. The molecule has 6 nitrogen and oxygen atoms in total. The molecular formula is C17H24N2O4. The molecule has 1 aliphatic rings. The maximum atomic E-state index is 12.2. The summed E-state index contributed by atoms with van der Waals surface area (Å²) in [5.41, 5.74) is 0.288. The van der Waals surface area contributed by atoms with Crippen molar-refractivity contribution in [3.8, 4) is 5.88 Å². The van der Waals surface area contributed by atoms with E-state index < -0.39 is 12.1 Å². The Bertz CT molecular complexity index is 544. The second-order valence-electron chi connectivity index (χ2n) is 6.01. The van der Waals surface area contributed by atoms with E-state index in [0.717, 1.165) is 19.3 Å². The van der Waals surface area contributed by atoms with Crippen molar-refractivity contribution in [2.24, 2.45) is 5.92 Å². The Morgan fingerprint density at radius 1 is 1.30 bits per heavy atom. The molecule has 1 aliphatic carbocycles. The molecule has 1 heterocycles. The number of ether oxygens (including phenoxy) is 2. The highest BCUT2D eigenvalue weighted by atomic mass is 16.5. The van der Waals surface area contributed by atoms with Crippen LogP contribution in [0.3, 0.4) is 0 Å². The minimum Gasteiger partial charge on any atom is -0.481 e. The summed E-state index contributed by atoms with van der Waals surface area (Å²) in [6.45, 7) is 3.72. The van der Waals surface area contributed by atoms with Crippen LogP contribution < -0.4 is 10.1 Å². The molecule has 0 aromatic carbocycles. The summed E-state index contributed by atoms with van der Waals surface area (Å²) in [4.78, 5) is 28.2. The predicted octanol–water partition coefficient (Wildman–Crippen LogP) is 2.33. The molecule has 0 saturated heterocycles. The second-order valence-corrected chi connectivity index (χ2v) is 6.01. The van der Waals surface area contributed by atoms with Crippen molar-refractivity contribution >= 4 is 11.9 Å². The molecule has 1 aromatic heterocycles. The van der Waals surface area contributed by atoms with Crippen molar-refractivity contribution in [3.63, 3.8) is 0 Å². The summed E-state index contributed by atoms with van der Waals surface area (Å²) >= 11 is 0. The molecule has 0 bridgehead atoms. The Morgan fingerprint density at radius 3 is 2.65 bits per heavy atom. The van der Waals surface area contributed by atoms with Gasteiger partial charge in [-0.15, -0.1) is 0 Å². The molecule has 1 amide bonds. The number of nitrogens with one attached hydrogen (secondary N) is 1. The van der Waals surface area contributed by atoms with Gasteiger partial charge < -0.3 is 14.8 Å². The fourth-order valence-electron chi connectivity index (χ4n) is 2.73. The molecule has 0 unspecified atom stereocenters. The average molecular weight is 320 g/mol. The molecule has 126 valence electrons. The Morgan fingerprint density at radius 2 is 2.04 bits per heavy atom. The maximum Gasteiger partial charge on any atom is 0.340 e. The van der Waals surface area contributed by atoms with Gasteiger partial charge in [0.1, 0.15) is 0 Å². The van der Waals surface area contributed by atoms with E-state index in [0.29, 0.717) is 11.8 Å². The molecular weight excluding hydrogens is 296 g/mol. The van der Waals surface area contributed by atoms with Crippen LogP contribution in [0.2, 0.25) is 0 Å². The molecule has 1 fully saturated rings. The van der Waals surface area contributed by atoms with Gasteiger partial charge >= 0.3 is 5.97 Å². The first-order valence-corrected chi connectivity index (χ1v) is 8.02. The first kappa shape index (κ1) is 17.2. The lowest BCUT2D eigenvalue weighted by Gasteiger charge is -2.30. The normalized spacial score (nSPS) is 22.0. The molecule has 2 rings (SSSR count). The summed E-state index contributed by atoms with van der Waals surface area (Å²) in [5, 5.41) is 2.99. The maximum absolute atomic E-state index is 12.2. The number of esters is 1. The van der Waals surface area contributed by atoms with E-state index in [1.54, 1.807) is 19.1 Å². The van der Waals surface area contributed by atoms with Crippen LogP contribution >= 0.6 is 0 Å². The zero-order valence-electron chi connectivity index (χ0n) is 13.9. The standard InChI is InChI=1S/C17H24N2O4/c1-11-6-4-5-7-14(11)19-16(20)12(2)23-17(21)13-8-9-15(22-3)18-10-13/h8-12,14H,4-7H2,1-3H3,(H,19,20)/t11-,12+,14+/m0/s1. The lowest BCUT2D eigenvalue weighted by Crippen LogP contribution is -2.45. The zero-order valence-corrected chi connectivity index (χ0v) is 13.9. The smallest absolute Gasteiger partial charge is 0.340 e. The van der Waals surface area contributed by atoms with Gasteiger partial charge in [0.05, 0.1) is 12.7 Å². The molecule has 0 radical (unpaired) electrons. The number of carbonyl (C=O) groups excluding carboxylic acids is 2. The van der Waals surface area contributed by atoms with Crippen molar-refractivity contribution in [2.45, 2.75) is 51.7 Å². The molecule has 3 atom stereocenters. The van der Waals surface area contributed by atoms with Gasteiger partial charge in [0, 0.05) is 18.3 Å². The quantitative estimate of drug-likeness (QED) is 0.843. The average Bonchev–Trinajstić information content (AvgIpc) is 2.56. The second kappa shape index (κ2) is 7.94. The molecule has 0 aliphatic heterocycles. The van der Waals surface area contributed by atoms with Crippen LogP contribution in [-0.2, 0) is 9.53 Å². The Labute approximate surface area is 136 Å². The van der Waals surface area contributed by atoms with Crippen LogP contribution in [0.15, 0.2) is 18.3 Å². The summed E-state index contributed by atoms with van der Waals surface area (Å²) < 4.78 is 10.2. The van der Waals surface area contributed by atoms with E-state index in [4.69, 9.17) is 9.47 Å². The number of amides is 1. The molecule has 6 heteroatoms. The van der Waals surface area contributed by atoms with E-state index in [9.17, 15) is 9.59 Å². The summed E-state index contributed by atoms with van der Waals surface area (Å²) in [7, 11) is 1.50. The third kappa shape index (κ3) is 4.68. The van der Waals surface area contributed by atoms with Crippen molar-refractivity contribution in [2.75, 3.05) is 7.11 Å². The van der Waals surface area contributed by atoms with Gasteiger partial charge in [-0.2, -0.15) is 0 Å². The van der Waals surface area contributed by atoms with Crippen LogP contribution in [0.4, 0.5) is 0 Å². The fraction of sp³-hybridized carbons (Fsp3) is 0.588. The van der Waals surface area contributed by atoms with Crippen molar-refractivity contribution in [1.82, 2.24) is 10.3 Å².